The van der Waals surface area contributed by atoms with E-state index in [2.05, 4.69) is 22.5 Å². The number of nitrogens with one attached hydrogen (secondary N) is 1. The minimum atomic E-state index is 0.470. The van der Waals surface area contributed by atoms with Crippen molar-refractivity contribution in [3.8, 4) is 5.88 Å². The van der Waals surface area contributed by atoms with Crippen molar-refractivity contribution in [1.82, 2.24) is 4.98 Å². The minimum Gasteiger partial charge on any atom is -0.476 e. The summed E-state index contributed by atoms with van der Waals surface area (Å²) in [6.07, 6.45) is 10.4. The minimum absolute atomic E-state index is 0.470. The average Bonchev–Trinajstić information content (AvgIpc) is 3.25. The molecule has 102 valence electrons. The van der Waals surface area contributed by atoms with Crippen LogP contribution in [0.25, 0.3) is 0 Å². The molecule has 3 N–H and O–H groups in total. The van der Waals surface area contributed by atoms with Crippen molar-refractivity contribution >= 4 is 11.5 Å². The molecule has 4 nitrogen and oxygen atoms in total. The van der Waals surface area contributed by atoms with Gasteiger partial charge in [-0.05, 0) is 50.2 Å². The molecule has 1 aromatic heterocycles. The van der Waals surface area contributed by atoms with E-state index in [0.717, 1.165) is 31.7 Å². The van der Waals surface area contributed by atoms with E-state index in [1.807, 2.05) is 12.1 Å². The number of allylic oxidation sites excluding steroid dienone is 1. The molecule has 1 atom stereocenters. The number of ether oxygens (including phenoxy) is 1. The number of anilines is 2. The van der Waals surface area contributed by atoms with Gasteiger partial charge in [0.25, 0.3) is 0 Å². The first-order valence-electron chi connectivity index (χ1n) is 7.12. The van der Waals surface area contributed by atoms with Crippen LogP contribution in [0.2, 0.25) is 0 Å². The summed E-state index contributed by atoms with van der Waals surface area (Å²) in [5, 5.41) is 3.45. The number of nitrogen functional groups attached to an aromatic ring is 1. The second kappa shape index (κ2) is 5.51. The van der Waals surface area contributed by atoms with E-state index in [-0.39, 0.29) is 0 Å². The lowest BCUT2D eigenvalue weighted by atomic mass is 10.0. The monoisotopic (exact) mass is 259 g/mol. The molecule has 1 unspecified atom stereocenters. The lowest BCUT2D eigenvalue weighted by Gasteiger charge is -2.20. The first kappa shape index (κ1) is 12.3. The van der Waals surface area contributed by atoms with Crippen LogP contribution in [-0.2, 0) is 0 Å². The third-order valence-corrected chi connectivity index (χ3v) is 3.66. The highest BCUT2D eigenvalue weighted by atomic mass is 16.5. The number of pyridine rings is 1. The molecule has 1 aromatic rings. The Hall–Kier alpha value is -1.71. The summed E-state index contributed by atoms with van der Waals surface area (Å²) in [7, 11) is 0. The van der Waals surface area contributed by atoms with Crippen LogP contribution in [0.1, 0.15) is 32.1 Å². The fourth-order valence-corrected chi connectivity index (χ4v) is 2.26. The van der Waals surface area contributed by atoms with Crippen LogP contribution in [-0.4, -0.2) is 17.6 Å². The Morgan fingerprint density at radius 1 is 1.26 bits per heavy atom. The molecule has 1 saturated carbocycles. The summed E-state index contributed by atoms with van der Waals surface area (Å²) in [6.45, 7) is 0.743. The number of hydrogen-bond acceptors (Lipinski definition) is 4. The fourth-order valence-electron chi connectivity index (χ4n) is 2.26. The summed E-state index contributed by atoms with van der Waals surface area (Å²) < 4.78 is 5.70. The van der Waals surface area contributed by atoms with E-state index in [4.69, 9.17) is 10.5 Å². The molecule has 0 radical (unpaired) electrons. The van der Waals surface area contributed by atoms with Gasteiger partial charge in [0.15, 0.2) is 0 Å². The quantitative estimate of drug-likeness (QED) is 0.798. The average molecular weight is 259 g/mol. The topological polar surface area (TPSA) is 60.2 Å². The molecule has 4 heteroatoms. The van der Waals surface area contributed by atoms with Gasteiger partial charge in [0.05, 0.1) is 12.3 Å². The Morgan fingerprint density at radius 3 is 2.89 bits per heavy atom. The number of aromatic nitrogens is 1. The van der Waals surface area contributed by atoms with Gasteiger partial charge >= 0.3 is 0 Å². The standard InChI is InChI=1S/C15H21N3O/c16-13-8-9-14(17-12-4-2-1-3-5-12)18-15(13)19-10-11-6-7-11/h1-2,8-9,11-12H,3-7,10,16H2,(H,17,18). The summed E-state index contributed by atoms with van der Waals surface area (Å²) >= 11 is 0. The predicted molar refractivity (Wildman–Crippen MR) is 77.3 cm³/mol. The van der Waals surface area contributed by atoms with Crippen LogP contribution >= 0.6 is 0 Å². The fraction of sp³-hybridized carbons (Fsp3) is 0.533. The van der Waals surface area contributed by atoms with Gasteiger partial charge in [-0.1, -0.05) is 12.2 Å². The van der Waals surface area contributed by atoms with E-state index in [1.165, 1.54) is 12.8 Å². The van der Waals surface area contributed by atoms with Crippen LogP contribution in [0, 0.1) is 5.92 Å². The molecule has 0 aliphatic heterocycles. The van der Waals surface area contributed by atoms with Crippen molar-refractivity contribution in [2.45, 2.75) is 38.1 Å². The van der Waals surface area contributed by atoms with E-state index >= 15 is 0 Å². The number of nitrogens with zero attached hydrogens (tertiary/aromatic N) is 1. The Balaban J connectivity index is 1.63. The van der Waals surface area contributed by atoms with Crippen molar-refractivity contribution in [2.24, 2.45) is 5.92 Å². The zero-order chi connectivity index (χ0) is 13.1. The third-order valence-electron chi connectivity index (χ3n) is 3.66. The van der Waals surface area contributed by atoms with Crippen LogP contribution < -0.4 is 15.8 Å². The molecular weight excluding hydrogens is 238 g/mol. The van der Waals surface area contributed by atoms with E-state index in [9.17, 15) is 0 Å². The maximum Gasteiger partial charge on any atom is 0.239 e. The van der Waals surface area contributed by atoms with Crippen molar-refractivity contribution in [3.05, 3.63) is 24.3 Å². The highest BCUT2D eigenvalue weighted by molar-refractivity contribution is 5.54. The van der Waals surface area contributed by atoms with Crippen LogP contribution in [0.15, 0.2) is 24.3 Å². The van der Waals surface area contributed by atoms with Gasteiger partial charge in [0.2, 0.25) is 5.88 Å². The van der Waals surface area contributed by atoms with Gasteiger partial charge in [-0.15, -0.1) is 0 Å². The second-order valence-corrected chi connectivity index (χ2v) is 5.47. The first-order chi connectivity index (χ1) is 9.31. The molecule has 0 aromatic carbocycles. The maximum absolute atomic E-state index is 5.90. The molecular formula is C15H21N3O. The molecule has 2 aliphatic carbocycles. The maximum atomic E-state index is 5.90. The smallest absolute Gasteiger partial charge is 0.239 e. The Morgan fingerprint density at radius 2 is 2.16 bits per heavy atom. The largest absolute Gasteiger partial charge is 0.476 e. The van der Waals surface area contributed by atoms with Gasteiger partial charge < -0.3 is 15.8 Å². The summed E-state index contributed by atoms with van der Waals surface area (Å²) in [5.41, 5.74) is 6.52. The van der Waals surface area contributed by atoms with Crippen molar-refractivity contribution in [1.29, 1.82) is 0 Å². The van der Waals surface area contributed by atoms with Crippen LogP contribution in [0.5, 0.6) is 5.88 Å². The van der Waals surface area contributed by atoms with Gasteiger partial charge in [-0.25, -0.2) is 0 Å². The lowest BCUT2D eigenvalue weighted by Crippen LogP contribution is -2.21. The number of nitrogens with two attached hydrogens (primary N) is 1. The van der Waals surface area contributed by atoms with Gasteiger partial charge in [-0.2, -0.15) is 4.98 Å². The Labute approximate surface area is 114 Å². The SMILES string of the molecule is Nc1ccc(NC2CC=CCC2)nc1OCC1CC1. The summed E-state index contributed by atoms with van der Waals surface area (Å²) in [5.74, 6) is 2.14. The van der Waals surface area contributed by atoms with Crippen molar-refractivity contribution in [2.75, 3.05) is 17.7 Å². The molecule has 0 amide bonds. The zero-order valence-electron chi connectivity index (χ0n) is 11.1. The van der Waals surface area contributed by atoms with Gasteiger partial charge in [0.1, 0.15) is 5.82 Å². The molecule has 1 fully saturated rings. The first-order valence-corrected chi connectivity index (χ1v) is 7.12. The predicted octanol–water partition coefficient (Wildman–Crippen LogP) is 2.97. The van der Waals surface area contributed by atoms with Gasteiger partial charge in [-0.3, -0.25) is 0 Å². The lowest BCUT2D eigenvalue weighted by molar-refractivity contribution is 0.290. The third kappa shape index (κ3) is 3.40. The number of rotatable bonds is 5. The molecule has 0 bridgehead atoms. The van der Waals surface area contributed by atoms with Crippen LogP contribution in [0.3, 0.4) is 0 Å². The molecule has 0 saturated heterocycles. The van der Waals surface area contributed by atoms with Gasteiger partial charge in [0, 0.05) is 6.04 Å². The Bertz CT molecular complexity index is 468. The summed E-state index contributed by atoms with van der Waals surface area (Å²) in [6, 6.07) is 4.27. The molecule has 1 heterocycles. The Kier molecular flexibility index (Phi) is 3.58. The van der Waals surface area contributed by atoms with E-state index < -0.39 is 0 Å². The number of hydrogen-bond donors (Lipinski definition) is 2. The highest BCUT2D eigenvalue weighted by Gasteiger charge is 2.22. The molecule has 19 heavy (non-hydrogen) atoms. The highest BCUT2D eigenvalue weighted by Crippen LogP contribution is 2.31. The van der Waals surface area contributed by atoms with Crippen molar-refractivity contribution in [3.63, 3.8) is 0 Å². The molecule has 3 rings (SSSR count). The van der Waals surface area contributed by atoms with E-state index in [0.29, 0.717) is 23.5 Å². The summed E-state index contributed by atoms with van der Waals surface area (Å²) in [4.78, 5) is 4.48. The second-order valence-electron chi connectivity index (χ2n) is 5.47. The van der Waals surface area contributed by atoms with Crippen molar-refractivity contribution < 1.29 is 4.74 Å². The normalized spacial score (nSPS) is 22.2. The van der Waals surface area contributed by atoms with E-state index in [1.54, 1.807) is 0 Å². The molecule has 2 aliphatic rings. The zero-order valence-corrected chi connectivity index (χ0v) is 11.1. The molecule has 0 spiro atoms. The van der Waals surface area contributed by atoms with Crippen LogP contribution in [0.4, 0.5) is 11.5 Å².